The lowest BCUT2D eigenvalue weighted by Crippen LogP contribution is -2.36. The SMILES string of the molecule is CCNc1ccc(CN2c3ccccc3CCC2C)cn1. The smallest absolute Gasteiger partial charge is 0.125 e. The normalized spacial score (nSPS) is 17.4. The predicted molar refractivity (Wildman–Crippen MR) is 88.8 cm³/mol. The van der Waals surface area contributed by atoms with Crippen molar-refractivity contribution in [1.82, 2.24) is 4.98 Å². The van der Waals surface area contributed by atoms with Gasteiger partial charge in [0.15, 0.2) is 0 Å². The van der Waals surface area contributed by atoms with E-state index in [9.17, 15) is 0 Å². The minimum atomic E-state index is 0.577. The molecule has 2 heterocycles. The largest absolute Gasteiger partial charge is 0.370 e. The highest BCUT2D eigenvalue weighted by Gasteiger charge is 2.22. The highest BCUT2D eigenvalue weighted by Crippen LogP contribution is 2.31. The molecule has 0 aliphatic carbocycles. The Hall–Kier alpha value is -2.03. The lowest BCUT2D eigenvalue weighted by Gasteiger charge is -2.37. The first-order valence-electron chi connectivity index (χ1n) is 7.81. The number of benzene rings is 1. The number of hydrogen-bond donors (Lipinski definition) is 1. The fourth-order valence-corrected chi connectivity index (χ4v) is 3.00. The van der Waals surface area contributed by atoms with Gasteiger partial charge in [-0.15, -0.1) is 0 Å². The number of para-hydroxylation sites is 1. The van der Waals surface area contributed by atoms with Crippen molar-refractivity contribution in [3.63, 3.8) is 0 Å². The van der Waals surface area contributed by atoms with Crippen LogP contribution in [0.1, 0.15) is 31.4 Å². The van der Waals surface area contributed by atoms with Crippen LogP contribution in [0, 0.1) is 0 Å². The van der Waals surface area contributed by atoms with Crippen LogP contribution in [0.2, 0.25) is 0 Å². The van der Waals surface area contributed by atoms with Crippen LogP contribution in [0.4, 0.5) is 11.5 Å². The molecule has 1 aromatic carbocycles. The summed E-state index contributed by atoms with van der Waals surface area (Å²) in [7, 11) is 0. The molecule has 1 unspecified atom stereocenters. The Morgan fingerprint density at radius 2 is 2.10 bits per heavy atom. The van der Waals surface area contributed by atoms with Gasteiger partial charge >= 0.3 is 0 Å². The Morgan fingerprint density at radius 3 is 2.86 bits per heavy atom. The van der Waals surface area contributed by atoms with Crippen LogP contribution >= 0.6 is 0 Å². The number of hydrogen-bond acceptors (Lipinski definition) is 3. The van der Waals surface area contributed by atoms with Crippen LogP contribution in [0.15, 0.2) is 42.6 Å². The molecule has 3 nitrogen and oxygen atoms in total. The zero-order valence-corrected chi connectivity index (χ0v) is 12.8. The fourth-order valence-electron chi connectivity index (χ4n) is 3.00. The van der Waals surface area contributed by atoms with Gasteiger partial charge in [-0.3, -0.25) is 0 Å². The number of aromatic nitrogens is 1. The molecule has 0 saturated heterocycles. The molecule has 2 aromatic rings. The van der Waals surface area contributed by atoms with Crippen LogP contribution in [-0.2, 0) is 13.0 Å². The summed E-state index contributed by atoms with van der Waals surface area (Å²) in [6.45, 7) is 6.23. The van der Waals surface area contributed by atoms with Crippen molar-refractivity contribution in [2.45, 2.75) is 39.3 Å². The van der Waals surface area contributed by atoms with E-state index >= 15 is 0 Å². The van der Waals surface area contributed by atoms with Crippen molar-refractivity contribution in [2.75, 3.05) is 16.8 Å². The summed E-state index contributed by atoms with van der Waals surface area (Å²) in [5.74, 6) is 0.952. The first-order valence-corrected chi connectivity index (χ1v) is 7.81. The molecule has 0 spiro atoms. The van der Waals surface area contributed by atoms with Crippen molar-refractivity contribution < 1.29 is 0 Å². The molecule has 21 heavy (non-hydrogen) atoms. The molecule has 3 rings (SSSR count). The summed E-state index contributed by atoms with van der Waals surface area (Å²) in [4.78, 5) is 6.98. The Kier molecular flexibility index (Phi) is 4.09. The van der Waals surface area contributed by atoms with Crippen LogP contribution in [0.25, 0.3) is 0 Å². The molecule has 1 aliphatic heterocycles. The Bertz CT molecular complexity index is 592. The molecule has 1 aliphatic rings. The van der Waals surface area contributed by atoms with Gasteiger partial charge in [0.2, 0.25) is 0 Å². The van der Waals surface area contributed by atoms with Gasteiger partial charge in [0.05, 0.1) is 0 Å². The van der Waals surface area contributed by atoms with E-state index in [1.165, 1.54) is 29.7 Å². The Labute approximate surface area is 127 Å². The summed E-state index contributed by atoms with van der Waals surface area (Å²) in [6, 6.07) is 13.6. The Balaban J connectivity index is 1.80. The minimum absolute atomic E-state index is 0.577. The third-order valence-electron chi connectivity index (χ3n) is 4.20. The number of anilines is 2. The molecular formula is C18H23N3. The zero-order chi connectivity index (χ0) is 14.7. The average molecular weight is 281 g/mol. The van der Waals surface area contributed by atoms with Gasteiger partial charge in [0, 0.05) is 31.0 Å². The molecule has 1 N–H and O–H groups in total. The maximum Gasteiger partial charge on any atom is 0.125 e. The van der Waals surface area contributed by atoms with Gasteiger partial charge < -0.3 is 10.2 Å². The van der Waals surface area contributed by atoms with E-state index in [1.807, 2.05) is 6.20 Å². The van der Waals surface area contributed by atoms with Crippen LogP contribution in [-0.4, -0.2) is 17.6 Å². The van der Waals surface area contributed by atoms with E-state index in [2.05, 4.69) is 65.4 Å². The van der Waals surface area contributed by atoms with E-state index in [0.29, 0.717) is 6.04 Å². The molecule has 0 amide bonds. The molecule has 0 radical (unpaired) electrons. The number of nitrogens with zero attached hydrogens (tertiary/aromatic N) is 2. The van der Waals surface area contributed by atoms with Crippen molar-refractivity contribution in [2.24, 2.45) is 0 Å². The minimum Gasteiger partial charge on any atom is -0.370 e. The maximum atomic E-state index is 4.48. The van der Waals surface area contributed by atoms with Crippen molar-refractivity contribution in [3.05, 3.63) is 53.7 Å². The quantitative estimate of drug-likeness (QED) is 0.922. The third-order valence-corrected chi connectivity index (χ3v) is 4.20. The monoisotopic (exact) mass is 281 g/mol. The van der Waals surface area contributed by atoms with Crippen molar-refractivity contribution in [3.8, 4) is 0 Å². The molecule has 110 valence electrons. The van der Waals surface area contributed by atoms with E-state index in [4.69, 9.17) is 0 Å². The van der Waals surface area contributed by atoms with Gasteiger partial charge in [-0.2, -0.15) is 0 Å². The second kappa shape index (κ2) is 6.17. The summed E-state index contributed by atoms with van der Waals surface area (Å²) >= 11 is 0. The van der Waals surface area contributed by atoms with Crippen molar-refractivity contribution in [1.29, 1.82) is 0 Å². The highest BCUT2D eigenvalue weighted by atomic mass is 15.2. The lowest BCUT2D eigenvalue weighted by atomic mass is 9.96. The van der Waals surface area contributed by atoms with E-state index < -0.39 is 0 Å². The zero-order valence-electron chi connectivity index (χ0n) is 12.8. The van der Waals surface area contributed by atoms with E-state index in [-0.39, 0.29) is 0 Å². The van der Waals surface area contributed by atoms with Gasteiger partial charge in [-0.05, 0) is 49.9 Å². The summed E-state index contributed by atoms with van der Waals surface area (Å²) in [6.07, 6.45) is 4.40. The van der Waals surface area contributed by atoms with E-state index in [0.717, 1.165) is 18.9 Å². The number of fused-ring (bicyclic) bond motifs is 1. The number of pyridine rings is 1. The Morgan fingerprint density at radius 1 is 1.24 bits per heavy atom. The second-order valence-corrected chi connectivity index (χ2v) is 5.73. The summed E-state index contributed by atoms with van der Waals surface area (Å²) < 4.78 is 0. The van der Waals surface area contributed by atoms with Gasteiger partial charge in [-0.1, -0.05) is 24.3 Å². The number of aryl methyl sites for hydroxylation is 1. The maximum absolute atomic E-state index is 4.48. The first kappa shape index (κ1) is 13.9. The number of nitrogens with one attached hydrogen (secondary N) is 1. The van der Waals surface area contributed by atoms with Crippen LogP contribution < -0.4 is 10.2 Å². The standard InChI is InChI=1S/C18H23N3/c1-3-19-18-11-9-15(12-20-18)13-21-14(2)8-10-16-6-4-5-7-17(16)21/h4-7,9,11-12,14H,3,8,10,13H2,1-2H3,(H,19,20). The number of rotatable bonds is 4. The van der Waals surface area contributed by atoms with Crippen molar-refractivity contribution >= 4 is 11.5 Å². The molecule has 0 bridgehead atoms. The topological polar surface area (TPSA) is 28.2 Å². The van der Waals surface area contributed by atoms with E-state index in [1.54, 1.807) is 0 Å². The average Bonchev–Trinajstić information content (AvgIpc) is 2.52. The second-order valence-electron chi connectivity index (χ2n) is 5.73. The van der Waals surface area contributed by atoms with Crippen LogP contribution in [0.5, 0.6) is 0 Å². The summed E-state index contributed by atoms with van der Waals surface area (Å²) in [5, 5.41) is 3.24. The van der Waals surface area contributed by atoms with Crippen LogP contribution in [0.3, 0.4) is 0 Å². The summed E-state index contributed by atoms with van der Waals surface area (Å²) in [5.41, 5.74) is 4.11. The molecule has 1 atom stereocenters. The molecule has 0 saturated carbocycles. The van der Waals surface area contributed by atoms with Gasteiger partial charge in [-0.25, -0.2) is 4.98 Å². The first-order chi connectivity index (χ1) is 10.3. The van der Waals surface area contributed by atoms with Gasteiger partial charge in [0.25, 0.3) is 0 Å². The molecule has 3 heteroatoms. The molecule has 0 fully saturated rings. The third kappa shape index (κ3) is 3.02. The lowest BCUT2D eigenvalue weighted by molar-refractivity contribution is 0.560. The molecule has 1 aromatic heterocycles. The highest BCUT2D eigenvalue weighted by molar-refractivity contribution is 5.56. The predicted octanol–water partition coefficient (Wildman–Crippen LogP) is 3.85. The fraction of sp³-hybridized carbons (Fsp3) is 0.389. The van der Waals surface area contributed by atoms with Gasteiger partial charge in [0.1, 0.15) is 5.82 Å². The molecular weight excluding hydrogens is 258 g/mol.